The monoisotopic (exact) mass is 402 g/mol. The second kappa shape index (κ2) is 6.45. The van der Waals surface area contributed by atoms with Crippen molar-refractivity contribution in [1.82, 2.24) is 19.9 Å². The zero-order valence-electron chi connectivity index (χ0n) is 13.2. The Morgan fingerprint density at radius 1 is 0.889 bits per heavy atom. The highest BCUT2D eigenvalue weighted by Crippen LogP contribution is 2.32. The number of halogens is 2. The van der Waals surface area contributed by atoms with Crippen LogP contribution in [0.3, 0.4) is 0 Å². The lowest BCUT2D eigenvalue weighted by Crippen LogP contribution is -2.07. The topological polar surface area (TPSA) is 130 Å². The highest BCUT2D eigenvalue weighted by Gasteiger charge is 2.16. The smallest absolute Gasteiger partial charge is 0.264 e. The highest BCUT2D eigenvalue weighted by atomic mass is 35.5. The summed E-state index contributed by atoms with van der Waals surface area (Å²) >= 11 is 12.3. The predicted molar refractivity (Wildman–Crippen MR) is 100 cm³/mol. The molecule has 9 nitrogen and oxygen atoms in total. The molecule has 4 rings (SSSR count). The number of fused-ring (bicyclic) bond motifs is 2. The van der Waals surface area contributed by atoms with Gasteiger partial charge in [-0.2, -0.15) is 0 Å². The summed E-state index contributed by atoms with van der Waals surface area (Å²) < 4.78 is 0. The van der Waals surface area contributed by atoms with E-state index in [0.29, 0.717) is 11.0 Å². The molecule has 0 bridgehead atoms. The van der Waals surface area contributed by atoms with Crippen LogP contribution in [0.15, 0.2) is 51.6 Å². The Morgan fingerprint density at radius 2 is 1.44 bits per heavy atom. The molecule has 2 heterocycles. The van der Waals surface area contributed by atoms with Crippen LogP contribution < -0.4 is 11.1 Å². The summed E-state index contributed by atoms with van der Waals surface area (Å²) in [4.78, 5) is 36.9. The lowest BCUT2D eigenvalue weighted by atomic mass is 10.2. The summed E-state index contributed by atoms with van der Waals surface area (Å²) in [6.07, 6.45) is 2.48. The molecule has 0 fully saturated rings. The number of rotatable bonds is 2. The van der Waals surface area contributed by atoms with E-state index in [-0.39, 0.29) is 37.1 Å². The van der Waals surface area contributed by atoms with Gasteiger partial charge in [-0.25, -0.2) is 9.97 Å². The number of H-pyrrole nitrogens is 2. The number of nitrogens with zero attached hydrogens (tertiary/aromatic N) is 4. The molecule has 0 radical (unpaired) electrons. The summed E-state index contributed by atoms with van der Waals surface area (Å²) in [6.45, 7) is 0. The zero-order chi connectivity index (χ0) is 19.1. The van der Waals surface area contributed by atoms with E-state index in [1.807, 2.05) is 0 Å². The van der Waals surface area contributed by atoms with Gasteiger partial charge in [0, 0.05) is 11.2 Å². The minimum Gasteiger partial charge on any atom is -0.594 e. The molecule has 0 unspecified atom stereocenters. The van der Waals surface area contributed by atoms with Crippen molar-refractivity contribution in [2.24, 2.45) is 5.11 Å². The van der Waals surface area contributed by atoms with Gasteiger partial charge in [-0.05, 0) is 23.1 Å². The first-order valence-electron chi connectivity index (χ1n) is 7.47. The van der Waals surface area contributed by atoms with E-state index in [2.05, 4.69) is 25.1 Å². The van der Waals surface area contributed by atoms with Crippen molar-refractivity contribution in [3.8, 4) is 0 Å². The van der Waals surface area contributed by atoms with E-state index < -0.39 is 11.1 Å². The number of azo groups is 1. The van der Waals surface area contributed by atoms with Crippen LogP contribution in [0.1, 0.15) is 0 Å². The normalized spacial score (nSPS) is 12.0. The van der Waals surface area contributed by atoms with Gasteiger partial charge in [0.15, 0.2) is 5.69 Å². The molecule has 0 aliphatic rings. The molecule has 11 heteroatoms. The van der Waals surface area contributed by atoms with Crippen LogP contribution in [0.2, 0.25) is 10.0 Å². The molecule has 2 N–H and O–H groups in total. The first-order chi connectivity index (χ1) is 12.9. The van der Waals surface area contributed by atoms with Crippen molar-refractivity contribution < 1.29 is 4.86 Å². The van der Waals surface area contributed by atoms with E-state index in [9.17, 15) is 14.8 Å². The van der Waals surface area contributed by atoms with Crippen molar-refractivity contribution >= 4 is 56.4 Å². The zero-order valence-corrected chi connectivity index (χ0v) is 14.7. The van der Waals surface area contributed by atoms with Gasteiger partial charge in [-0.3, -0.25) is 9.59 Å². The van der Waals surface area contributed by atoms with Crippen LogP contribution in [-0.4, -0.2) is 24.8 Å². The molecule has 2 aromatic heterocycles. The Morgan fingerprint density at radius 3 is 2.07 bits per heavy atom. The Labute approximate surface area is 159 Å². The van der Waals surface area contributed by atoms with Crippen molar-refractivity contribution in [3.05, 3.63) is 72.9 Å². The van der Waals surface area contributed by atoms with Crippen molar-refractivity contribution in [1.29, 1.82) is 0 Å². The number of nitrogens with one attached hydrogen (secondary N) is 2. The van der Waals surface area contributed by atoms with Crippen molar-refractivity contribution in [3.63, 3.8) is 0 Å². The molecule has 0 aliphatic carbocycles. The number of aromatic nitrogens is 4. The predicted octanol–water partition coefficient (Wildman–Crippen LogP) is 3.39. The number of hydrogen-bond acceptors (Lipinski definition) is 6. The quantitative estimate of drug-likeness (QED) is 0.301. The largest absolute Gasteiger partial charge is 0.594 e. The first kappa shape index (κ1) is 17.1. The molecule has 0 amide bonds. The molecule has 134 valence electrons. The maximum atomic E-state index is 12.5. The molecule has 0 saturated carbocycles. The van der Waals surface area contributed by atoms with Crippen LogP contribution in [-0.2, 0) is 0 Å². The molecule has 0 saturated heterocycles. The summed E-state index contributed by atoms with van der Waals surface area (Å²) in [5, 5.41) is 17.0. The van der Waals surface area contributed by atoms with Crippen molar-refractivity contribution in [2.75, 3.05) is 0 Å². The fourth-order valence-corrected chi connectivity index (χ4v) is 2.96. The fraction of sp³-hybridized carbons (Fsp3) is 0. The first-order valence-corrected chi connectivity index (χ1v) is 8.22. The standard InChI is InChI=1S/C16H8Cl2N6O3/c17-9-3-11-7(15(25)21-5-19-11)1-13(9)23-24(27)14-2-8-12(4-10(14)18)20-6-22-16(8)26/h1-6H,(H,19,21,25)(H,20,22,26). The molecular weight excluding hydrogens is 395 g/mol. The van der Waals surface area contributed by atoms with Crippen LogP contribution in [0, 0.1) is 5.21 Å². The van der Waals surface area contributed by atoms with E-state index in [1.54, 1.807) is 0 Å². The summed E-state index contributed by atoms with van der Waals surface area (Å²) in [7, 11) is 0. The van der Waals surface area contributed by atoms with Gasteiger partial charge in [0.2, 0.25) is 0 Å². The minimum absolute atomic E-state index is 0.0499. The summed E-state index contributed by atoms with van der Waals surface area (Å²) in [6, 6.07) is 5.44. The second-order valence-electron chi connectivity index (χ2n) is 5.48. The van der Waals surface area contributed by atoms with Crippen LogP contribution in [0.25, 0.3) is 21.8 Å². The van der Waals surface area contributed by atoms with Gasteiger partial charge in [0.05, 0.1) is 39.5 Å². The van der Waals surface area contributed by atoms with Crippen molar-refractivity contribution in [2.45, 2.75) is 0 Å². The minimum atomic E-state index is -0.423. The molecule has 27 heavy (non-hydrogen) atoms. The van der Waals surface area contributed by atoms with E-state index in [4.69, 9.17) is 23.2 Å². The number of benzene rings is 2. The Balaban J connectivity index is 1.90. The highest BCUT2D eigenvalue weighted by molar-refractivity contribution is 6.34. The third-order valence-electron chi connectivity index (χ3n) is 3.82. The van der Waals surface area contributed by atoms with Gasteiger partial charge >= 0.3 is 0 Å². The molecule has 0 aliphatic heterocycles. The van der Waals surface area contributed by atoms with E-state index in [1.165, 1.54) is 36.9 Å². The average Bonchev–Trinajstić information content (AvgIpc) is 2.63. The number of aromatic amines is 2. The third kappa shape index (κ3) is 3.03. The summed E-state index contributed by atoms with van der Waals surface area (Å²) in [5.41, 5.74) is -0.142. The van der Waals surface area contributed by atoms with Gasteiger partial charge in [0.25, 0.3) is 16.8 Å². The maximum Gasteiger partial charge on any atom is 0.264 e. The lowest BCUT2D eigenvalue weighted by molar-refractivity contribution is -0.435. The molecule has 4 aromatic rings. The van der Waals surface area contributed by atoms with Crippen LogP contribution >= 0.6 is 23.2 Å². The average molecular weight is 403 g/mol. The molecule has 2 aromatic carbocycles. The maximum absolute atomic E-state index is 12.5. The van der Waals surface area contributed by atoms with Gasteiger partial charge in [-0.15, -0.1) is 0 Å². The van der Waals surface area contributed by atoms with Crippen LogP contribution in [0.4, 0.5) is 11.4 Å². The number of hydrogen-bond donors (Lipinski definition) is 2. The lowest BCUT2D eigenvalue weighted by Gasteiger charge is -2.05. The van der Waals surface area contributed by atoms with Crippen LogP contribution in [0.5, 0.6) is 0 Å². The van der Waals surface area contributed by atoms with Gasteiger partial charge < -0.3 is 15.2 Å². The summed E-state index contributed by atoms with van der Waals surface area (Å²) in [5.74, 6) is 0. The second-order valence-corrected chi connectivity index (χ2v) is 6.29. The molecular formula is C16H8Cl2N6O3. The SMILES string of the molecule is O=c1[nH]cnc2cc(Cl)c(N=[N+]([O-])c3cc4c(=O)[nH]cnc4cc3Cl)cc12. The molecule has 0 spiro atoms. The van der Waals surface area contributed by atoms with E-state index in [0.717, 1.165) is 0 Å². The fourth-order valence-electron chi connectivity index (χ4n) is 2.53. The Kier molecular flexibility index (Phi) is 4.09. The van der Waals surface area contributed by atoms with E-state index >= 15 is 0 Å². The van der Waals surface area contributed by atoms with Gasteiger partial charge in [0.1, 0.15) is 5.02 Å². The Hall–Kier alpha value is -3.30. The third-order valence-corrected chi connectivity index (χ3v) is 4.43. The Bertz CT molecular complexity index is 1360. The molecule has 0 atom stereocenters. The van der Waals surface area contributed by atoms with Gasteiger partial charge in [-0.1, -0.05) is 23.2 Å².